The van der Waals surface area contributed by atoms with Crippen molar-refractivity contribution < 1.29 is 18.7 Å². The maximum Gasteiger partial charge on any atom is 0.338 e. The smallest absolute Gasteiger partial charge is 0.338 e. The molecule has 1 aliphatic rings. The first kappa shape index (κ1) is 24.8. The number of carbonyl (C=O) groups excluding carboxylic acids is 1. The number of benzene rings is 2. The van der Waals surface area contributed by atoms with E-state index in [4.69, 9.17) is 25.5 Å². The van der Waals surface area contributed by atoms with Crippen LogP contribution in [0.25, 0.3) is 17.4 Å². The van der Waals surface area contributed by atoms with E-state index in [1.165, 1.54) is 15.9 Å². The zero-order valence-electron chi connectivity index (χ0n) is 20.4. The lowest BCUT2D eigenvalue weighted by Crippen LogP contribution is -2.40. The van der Waals surface area contributed by atoms with E-state index in [2.05, 4.69) is 4.99 Å². The summed E-state index contributed by atoms with van der Waals surface area (Å²) in [7, 11) is 1.55. The molecule has 0 fully saturated rings. The van der Waals surface area contributed by atoms with E-state index in [0.717, 1.165) is 5.56 Å². The van der Waals surface area contributed by atoms with Crippen LogP contribution in [0, 0.1) is 0 Å². The molecule has 9 heteroatoms. The van der Waals surface area contributed by atoms with Crippen LogP contribution in [-0.2, 0) is 9.53 Å². The summed E-state index contributed by atoms with van der Waals surface area (Å²) in [6, 6.07) is 17.5. The Balaban J connectivity index is 1.67. The van der Waals surface area contributed by atoms with Crippen molar-refractivity contribution in [1.82, 2.24) is 4.57 Å². The van der Waals surface area contributed by atoms with Crippen LogP contribution in [0.5, 0.6) is 5.75 Å². The highest BCUT2D eigenvalue weighted by molar-refractivity contribution is 7.07. The average molecular weight is 535 g/mol. The molecule has 37 heavy (non-hydrogen) atoms. The van der Waals surface area contributed by atoms with E-state index in [0.29, 0.717) is 48.5 Å². The number of fused-ring (bicyclic) bond motifs is 1. The van der Waals surface area contributed by atoms with E-state index in [1.807, 2.05) is 42.5 Å². The highest BCUT2D eigenvalue weighted by Crippen LogP contribution is 2.35. The SMILES string of the molecule is CCOC(=O)C1=C(C)N=c2sc(=Cc3ccc(-c4cccc(Cl)c4)o3)c(=O)n2C1c1ccccc1OC. The molecular weight excluding hydrogens is 512 g/mol. The molecule has 0 N–H and O–H groups in total. The maximum atomic E-state index is 13.8. The van der Waals surface area contributed by atoms with Crippen molar-refractivity contribution in [2.24, 2.45) is 4.99 Å². The molecule has 1 aliphatic heterocycles. The number of nitrogens with zero attached hydrogens (tertiary/aromatic N) is 2. The molecule has 2 aromatic heterocycles. The van der Waals surface area contributed by atoms with Crippen LogP contribution < -0.4 is 19.6 Å². The molecule has 188 valence electrons. The van der Waals surface area contributed by atoms with Crippen LogP contribution in [0.1, 0.15) is 31.2 Å². The van der Waals surface area contributed by atoms with Gasteiger partial charge < -0.3 is 13.9 Å². The Morgan fingerprint density at radius 2 is 2.00 bits per heavy atom. The monoisotopic (exact) mass is 534 g/mol. The van der Waals surface area contributed by atoms with Crippen molar-refractivity contribution in [1.29, 1.82) is 0 Å². The number of hydrogen-bond donors (Lipinski definition) is 0. The molecule has 0 saturated heterocycles. The second-order valence-electron chi connectivity index (χ2n) is 8.26. The van der Waals surface area contributed by atoms with Crippen molar-refractivity contribution in [3.63, 3.8) is 0 Å². The van der Waals surface area contributed by atoms with Gasteiger partial charge in [0.15, 0.2) is 4.80 Å². The lowest BCUT2D eigenvalue weighted by molar-refractivity contribution is -0.139. The van der Waals surface area contributed by atoms with Crippen LogP contribution in [0.2, 0.25) is 5.02 Å². The molecule has 2 aromatic carbocycles. The second-order valence-corrected chi connectivity index (χ2v) is 9.70. The summed E-state index contributed by atoms with van der Waals surface area (Å²) in [4.78, 5) is 31.9. The van der Waals surface area contributed by atoms with Crippen LogP contribution in [0.4, 0.5) is 0 Å². The number of hydrogen-bond acceptors (Lipinski definition) is 7. The first-order valence-corrected chi connectivity index (χ1v) is 12.8. The summed E-state index contributed by atoms with van der Waals surface area (Å²) < 4.78 is 18.9. The van der Waals surface area contributed by atoms with E-state index >= 15 is 0 Å². The Labute approximate surface area is 221 Å². The molecule has 4 aromatic rings. The van der Waals surface area contributed by atoms with Gasteiger partial charge in [0.2, 0.25) is 0 Å². The summed E-state index contributed by atoms with van der Waals surface area (Å²) in [5.41, 5.74) is 1.99. The number of furan rings is 1. The summed E-state index contributed by atoms with van der Waals surface area (Å²) >= 11 is 7.34. The van der Waals surface area contributed by atoms with E-state index < -0.39 is 12.0 Å². The minimum Gasteiger partial charge on any atom is -0.496 e. The Morgan fingerprint density at radius 1 is 1.19 bits per heavy atom. The van der Waals surface area contributed by atoms with Crippen molar-refractivity contribution in [3.8, 4) is 17.1 Å². The quantitative estimate of drug-likeness (QED) is 0.334. The molecule has 0 bridgehead atoms. The number of aromatic nitrogens is 1. The van der Waals surface area contributed by atoms with Gasteiger partial charge in [-0.3, -0.25) is 9.36 Å². The minimum absolute atomic E-state index is 0.201. The standard InChI is InChI=1S/C28H23ClN2O5S/c1-4-35-27(33)24-16(2)30-28-31(25(24)20-10-5-6-11-22(20)34-3)26(32)23(37-28)15-19-12-13-21(36-19)17-8-7-9-18(29)14-17/h5-15,25H,4H2,1-3H3. The molecule has 0 radical (unpaired) electrons. The van der Waals surface area contributed by atoms with Gasteiger partial charge in [-0.25, -0.2) is 9.79 Å². The first-order valence-electron chi connectivity index (χ1n) is 11.6. The van der Waals surface area contributed by atoms with Gasteiger partial charge in [-0.05, 0) is 44.2 Å². The van der Waals surface area contributed by atoms with Crippen LogP contribution >= 0.6 is 22.9 Å². The van der Waals surface area contributed by atoms with Crippen LogP contribution in [0.15, 0.2) is 86.1 Å². The van der Waals surface area contributed by atoms with Gasteiger partial charge in [0.05, 0.1) is 29.5 Å². The zero-order valence-corrected chi connectivity index (χ0v) is 21.9. The van der Waals surface area contributed by atoms with E-state index in [1.54, 1.807) is 45.2 Å². The predicted molar refractivity (Wildman–Crippen MR) is 143 cm³/mol. The molecule has 5 rings (SSSR count). The fraction of sp³-hybridized carbons (Fsp3) is 0.179. The predicted octanol–water partition coefficient (Wildman–Crippen LogP) is 4.72. The lowest BCUT2D eigenvalue weighted by Gasteiger charge is -2.25. The van der Waals surface area contributed by atoms with Crippen LogP contribution in [0.3, 0.4) is 0 Å². The van der Waals surface area contributed by atoms with Gasteiger partial charge in [-0.15, -0.1) is 0 Å². The fourth-order valence-corrected chi connectivity index (χ4v) is 5.55. The van der Waals surface area contributed by atoms with Gasteiger partial charge in [-0.1, -0.05) is 53.3 Å². The Bertz CT molecular complexity index is 1710. The Kier molecular flexibility index (Phi) is 6.86. The van der Waals surface area contributed by atoms with Crippen molar-refractivity contribution >= 4 is 35.0 Å². The molecule has 0 spiro atoms. The normalized spacial score (nSPS) is 15.4. The third kappa shape index (κ3) is 4.65. The third-order valence-electron chi connectivity index (χ3n) is 5.96. The number of halogens is 1. The number of carbonyl (C=O) groups is 1. The Morgan fingerprint density at radius 3 is 2.76 bits per heavy atom. The van der Waals surface area contributed by atoms with Gasteiger partial charge in [0.1, 0.15) is 23.3 Å². The van der Waals surface area contributed by atoms with Crippen molar-refractivity contribution in [3.05, 3.63) is 108 Å². The Hall–Kier alpha value is -3.88. The highest BCUT2D eigenvalue weighted by atomic mass is 35.5. The molecule has 7 nitrogen and oxygen atoms in total. The zero-order chi connectivity index (χ0) is 26.1. The number of allylic oxidation sites excluding steroid dienone is 1. The van der Waals surface area contributed by atoms with Gasteiger partial charge in [0.25, 0.3) is 5.56 Å². The van der Waals surface area contributed by atoms with Gasteiger partial charge >= 0.3 is 5.97 Å². The molecule has 0 aliphatic carbocycles. The number of ether oxygens (including phenoxy) is 2. The van der Waals surface area contributed by atoms with Crippen LogP contribution in [-0.4, -0.2) is 24.3 Å². The molecule has 1 atom stereocenters. The van der Waals surface area contributed by atoms with E-state index in [9.17, 15) is 9.59 Å². The highest BCUT2D eigenvalue weighted by Gasteiger charge is 2.34. The molecule has 1 unspecified atom stereocenters. The summed E-state index contributed by atoms with van der Waals surface area (Å²) in [6.07, 6.45) is 1.68. The maximum absolute atomic E-state index is 13.8. The summed E-state index contributed by atoms with van der Waals surface area (Å²) in [5.74, 6) is 1.17. The van der Waals surface area contributed by atoms with Crippen molar-refractivity contribution in [2.75, 3.05) is 13.7 Å². The van der Waals surface area contributed by atoms with Gasteiger partial charge in [0, 0.05) is 22.2 Å². The number of rotatable bonds is 6. The number of thiazole rings is 1. The minimum atomic E-state index is -0.757. The second kappa shape index (κ2) is 10.2. The van der Waals surface area contributed by atoms with Gasteiger partial charge in [-0.2, -0.15) is 0 Å². The third-order valence-corrected chi connectivity index (χ3v) is 7.18. The van der Waals surface area contributed by atoms with E-state index in [-0.39, 0.29) is 12.2 Å². The molecule has 0 saturated carbocycles. The molecular formula is C28H23ClN2O5S. The lowest BCUT2D eigenvalue weighted by atomic mass is 9.95. The number of esters is 1. The number of methoxy groups -OCH3 is 1. The largest absolute Gasteiger partial charge is 0.496 e. The first-order chi connectivity index (χ1) is 17.9. The average Bonchev–Trinajstić information content (AvgIpc) is 3.48. The molecule has 3 heterocycles. The number of para-hydroxylation sites is 1. The summed E-state index contributed by atoms with van der Waals surface area (Å²) in [6.45, 7) is 3.68. The van der Waals surface area contributed by atoms with Crippen molar-refractivity contribution in [2.45, 2.75) is 19.9 Å². The molecule has 0 amide bonds. The summed E-state index contributed by atoms with van der Waals surface area (Å²) in [5, 5.41) is 0.605. The topological polar surface area (TPSA) is 83.0 Å². The fourth-order valence-electron chi connectivity index (χ4n) is 4.33.